The van der Waals surface area contributed by atoms with Crippen molar-refractivity contribution in [2.45, 2.75) is 53.4 Å². The third-order valence-corrected chi connectivity index (χ3v) is 6.06. The first kappa shape index (κ1) is 18.8. The zero-order valence-electron chi connectivity index (χ0n) is 17.2. The number of nitrogens with one attached hydrogen (secondary N) is 2. The van der Waals surface area contributed by atoms with Gasteiger partial charge in [0.15, 0.2) is 5.78 Å². The van der Waals surface area contributed by atoms with Gasteiger partial charge in [-0.2, -0.15) is 0 Å². The lowest BCUT2D eigenvalue weighted by atomic mass is 9.75. The molecule has 0 atom stereocenters. The summed E-state index contributed by atoms with van der Waals surface area (Å²) >= 11 is 0. The Morgan fingerprint density at radius 2 is 1.86 bits per heavy atom. The average molecular weight is 380 g/mol. The van der Waals surface area contributed by atoms with Crippen LogP contribution in [0.15, 0.2) is 18.2 Å². The van der Waals surface area contributed by atoms with Gasteiger partial charge in [-0.05, 0) is 67.9 Å². The van der Waals surface area contributed by atoms with Crippen molar-refractivity contribution in [3.05, 3.63) is 46.3 Å². The molecule has 0 bridgehead atoms. The fraction of sp³-hybridized carbons (Fsp3) is 0.478. The van der Waals surface area contributed by atoms with Gasteiger partial charge >= 0.3 is 0 Å². The van der Waals surface area contributed by atoms with Crippen molar-refractivity contribution in [2.24, 2.45) is 5.41 Å². The first-order valence-corrected chi connectivity index (χ1v) is 10.2. The number of aryl methyl sites for hydroxylation is 1. The summed E-state index contributed by atoms with van der Waals surface area (Å²) in [6.45, 7) is 10.3. The molecule has 4 rings (SSSR count). The highest BCUT2D eigenvalue weighted by Gasteiger charge is 2.35. The predicted molar refractivity (Wildman–Crippen MR) is 113 cm³/mol. The molecule has 0 unspecified atom stereocenters. The molecule has 1 saturated heterocycles. The van der Waals surface area contributed by atoms with Gasteiger partial charge in [-0.25, -0.2) is 0 Å². The third kappa shape index (κ3) is 3.34. The number of carbonyl (C=O) groups excluding carboxylic acids is 2. The normalized spacial score (nSPS) is 18.3. The van der Waals surface area contributed by atoms with Crippen LogP contribution in [0, 0.1) is 19.3 Å². The lowest BCUT2D eigenvalue weighted by Gasteiger charge is -2.28. The van der Waals surface area contributed by atoms with E-state index in [1.165, 1.54) is 18.5 Å². The van der Waals surface area contributed by atoms with E-state index in [1.807, 2.05) is 19.9 Å². The molecule has 0 spiro atoms. The Hall–Kier alpha value is -2.56. The maximum absolute atomic E-state index is 13.0. The van der Waals surface area contributed by atoms with Crippen LogP contribution in [0.1, 0.15) is 70.8 Å². The van der Waals surface area contributed by atoms with Gasteiger partial charge in [0, 0.05) is 42.1 Å². The molecule has 5 nitrogen and oxygen atoms in total. The van der Waals surface area contributed by atoms with Gasteiger partial charge in [0.25, 0.3) is 5.91 Å². The fourth-order valence-electron chi connectivity index (χ4n) is 4.60. The molecule has 5 heteroatoms. The van der Waals surface area contributed by atoms with Crippen molar-refractivity contribution < 1.29 is 9.59 Å². The van der Waals surface area contributed by atoms with Crippen LogP contribution in [0.2, 0.25) is 0 Å². The number of Topliss-reactive ketones (excluding diaryl/α,β-unsaturated/α-hetero) is 1. The summed E-state index contributed by atoms with van der Waals surface area (Å²) in [5, 5.41) is 3.03. The van der Waals surface area contributed by atoms with Gasteiger partial charge in [-0.1, -0.05) is 13.8 Å². The molecule has 1 aliphatic heterocycles. The monoisotopic (exact) mass is 379 g/mol. The molecule has 2 aromatic rings. The van der Waals surface area contributed by atoms with E-state index < -0.39 is 0 Å². The van der Waals surface area contributed by atoms with E-state index >= 15 is 0 Å². The maximum Gasteiger partial charge on any atom is 0.272 e. The fourth-order valence-corrected chi connectivity index (χ4v) is 4.60. The van der Waals surface area contributed by atoms with Crippen LogP contribution in [0.25, 0.3) is 0 Å². The molecular formula is C23H29N3O2. The largest absolute Gasteiger partial charge is 0.372 e. The quantitative estimate of drug-likeness (QED) is 0.816. The first-order valence-electron chi connectivity index (χ1n) is 10.2. The molecule has 1 aliphatic carbocycles. The van der Waals surface area contributed by atoms with Crippen LogP contribution in [-0.4, -0.2) is 29.8 Å². The second kappa shape index (κ2) is 6.80. The van der Waals surface area contributed by atoms with Gasteiger partial charge in [-0.15, -0.1) is 0 Å². The number of amides is 1. The van der Waals surface area contributed by atoms with Gasteiger partial charge in [0.05, 0.1) is 0 Å². The van der Waals surface area contributed by atoms with Crippen LogP contribution in [0.3, 0.4) is 0 Å². The number of hydrogen-bond donors (Lipinski definition) is 2. The zero-order valence-corrected chi connectivity index (χ0v) is 17.2. The third-order valence-electron chi connectivity index (χ3n) is 6.06. The second-order valence-corrected chi connectivity index (χ2v) is 9.07. The maximum atomic E-state index is 13.0. The number of nitrogens with zero attached hydrogens (tertiary/aromatic N) is 1. The lowest BCUT2D eigenvalue weighted by molar-refractivity contribution is 0.0910. The first-order chi connectivity index (χ1) is 13.2. The standard InChI is InChI=1S/C23H29N3O2/c1-14-11-16(26-9-5-6-10-26)7-8-17(14)25-22(28)21-15(2)20-18(24-21)12-23(3,4)13-19(20)27/h7-8,11,24H,5-6,9-10,12-13H2,1-4H3,(H,25,28). The SMILES string of the molecule is Cc1cc(N2CCCC2)ccc1NC(=O)c1[nH]c2c(c1C)C(=O)CC(C)(C)C2. The minimum atomic E-state index is -0.186. The summed E-state index contributed by atoms with van der Waals surface area (Å²) in [4.78, 5) is 31.2. The van der Waals surface area contributed by atoms with E-state index in [4.69, 9.17) is 0 Å². The number of fused-ring (bicyclic) bond motifs is 1. The van der Waals surface area contributed by atoms with Crippen molar-refractivity contribution in [2.75, 3.05) is 23.3 Å². The van der Waals surface area contributed by atoms with E-state index in [1.54, 1.807) is 0 Å². The van der Waals surface area contributed by atoms with Crippen molar-refractivity contribution >= 4 is 23.1 Å². The molecule has 2 heterocycles. The summed E-state index contributed by atoms with van der Waals surface area (Å²) in [5.41, 5.74) is 5.87. The molecule has 1 amide bonds. The Bertz CT molecular complexity index is 949. The minimum Gasteiger partial charge on any atom is -0.372 e. The molecule has 148 valence electrons. The molecule has 1 aromatic carbocycles. The Kier molecular flexibility index (Phi) is 4.56. The van der Waals surface area contributed by atoms with Gasteiger partial charge in [-0.3, -0.25) is 9.59 Å². The van der Waals surface area contributed by atoms with Crippen molar-refractivity contribution in [3.63, 3.8) is 0 Å². The van der Waals surface area contributed by atoms with Crippen LogP contribution < -0.4 is 10.2 Å². The number of aromatic nitrogens is 1. The van der Waals surface area contributed by atoms with Gasteiger partial charge in [0.1, 0.15) is 5.69 Å². The number of H-pyrrole nitrogens is 1. The topological polar surface area (TPSA) is 65.2 Å². The number of ketones is 1. The van der Waals surface area contributed by atoms with Gasteiger partial charge in [0.2, 0.25) is 0 Å². The second-order valence-electron chi connectivity index (χ2n) is 9.07. The molecule has 28 heavy (non-hydrogen) atoms. The Labute approximate surface area is 166 Å². The summed E-state index contributed by atoms with van der Waals surface area (Å²) in [5.74, 6) is -0.0558. The molecule has 2 aliphatic rings. The summed E-state index contributed by atoms with van der Waals surface area (Å²) < 4.78 is 0. The number of aromatic amines is 1. The highest BCUT2D eigenvalue weighted by Crippen LogP contribution is 2.37. The zero-order chi connectivity index (χ0) is 20.1. The summed E-state index contributed by atoms with van der Waals surface area (Å²) in [7, 11) is 0. The average Bonchev–Trinajstić information content (AvgIpc) is 3.24. The Morgan fingerprint density at radius 1 is 1.14 bits per heavy atom. The van der Waals surface area contributed by atoms with E-state index in [2.05, 4.69) is 41.2 Å². The number of benzene rings is 1. The van der Waals surface area contributed by atoms with Gasteiger partial charge < -0.3 is 15.2 Å². The number of anilines is 2. The van der Waals surface area contributed by atoms with E-state index in [-0.39, 0.29) is 17.1 Å². The highest BCUT2D eigenvalue weighted by atomic mass is 16.2. The number of rotatable bonds is 3. The molecule has 1 fully saturated rings. The molecular weight excluding hydrogens is 350 g/mol. The van der Waals surface area contributed by atoms with Crippen LogP contribution >= 0.6 is 0 Å². The Balaban J connectivity index is 1.57. The van der Waals surface area contributed by atoms with Crippen molar-refractivity contribution in [1.82, 2.24) is 4.98 Å². The smallest absolute Gasteiger partial charge is 0.272 e. The molecule has 0 radical (unpaired) electrons. The van der Waals surface area contributed by atoms with E-state index in [0.29, 0.717) is 17.7 Å². The van der Waals surface area contributed by atoms with Crippen LogP contribution in [0.4, 0.5) is 11.4 Å². The van der Waals surface area contributed by atoms with E-state index in [0.717, 1.165) is 42.0 Å². The molecule has 2 N–H and O–H groups in total. The number of hydrogen-bond acceptors (Lipinski definition) is 3. The summed E-state index contributed by atoms with van der Waals surface area (Å²) in [6.07, 6.45) is 3.79. The van der Waals surface area contributed by atoms with Crippen molar-refractivity contribution in [3.8, 4) is 0 Å². The lowest BCUT2D eigenvalue weighted by Crippen LogP contribution is -2.26. The Morgan fingerprint density at radius 3 is 2.54 bits per heavy atom. The summed E-state index contributed by atoms with van der Waals surface area (Å²) in [6, 6.07) is 6.19. The number of carbonyl (C=O) groups is 2. The highest BCUT2D eigenvalue weighted by molar-refractivity contribution is 6.08. The predicted octanol–water partition coefficient (Wildman–Crippen LogP) is 4.64. The minimum absolute atomic E-state index is 0.0723. The van der Waals surface area contributed by atoms with E-state index in [9.17, 15) is 9.59 Å². The van der Waals surface area contributed by atoms with Crippen LogP contribution in [-0.2, 0) is 6.42 Å². The molecule has 0 saturated carbocycles. The van der Waals surface area contributed by atoms with Crippen LogP contribution in [0.5, 0.6) is 0 Å². The van der Waals surface area contributed by atoms with Crippen molar-refractivity contribution in [1.29, 1.82) is 0 Å². The molecule has 1 aromatic heterocycles.